The smallest absolute Gasteiger partial charge is 0.433 e. The van der Waals surface area contributed by atoms with Crippen molar-refractivity contribution in [2.45, 2.75) is 25.4 Å². The minimum atomic E-state index is -4.61. The van der Waals surface area contributed by atoms with Gasteiger partial charge in [0.1, 0.15) is 29.0 Å². The molecule has 0 saturated carbocycles. The lowest BCUT2D eigenvalue weighted by Gasteiger charge is -2.14. The Balaban J connectivity index is 1.58. The van der Waals surface area contributed by atoms with Crippen LogP contribution in [0.3, 0.4) is 0 Å². The highest BCUT2D eigenvalue weighted by Crippen LogP contribution is 2.34. The minimum absolute atomic E-state index is 0.0636. The molecule has 2 aromatic heterocycles. The first-order valence-electron chi connectivity index (χ1n) is 9.10. The van der Waals surface area contributed by atoms with Crippen LogP contribution in [-0.2, 0) is 12.4 Å². The monoisotopic (exact) mass is 478 g/mol. The van der Waals surface area contributed by atoms with Gasteiger partial charge in [0.05, 0.1) is 10.4 Å². The van der Waals surface area contributed by atoms with Crippen molar-refractivity contribution in [2.75, 3.05) is 13.2 Å². The zero-order valence-corrected chi connectivity index (χ0v) is 17.2. The molecule has 3 aromatic rings. The molecule has 0 aliphatic rings. The van der Waals surface area contributed by atoms with Crippen LogP contribution in [0.2, 0.25) is 0 Å². The fraction of sp³-hybridized carbons (Fsp3) is 0.300. The number of thiophene rings is 1. The van der Waals surface area contributed by atoms with E-state index in [0.29, 0.717) is 10.9 Å². The summed E-state index contributed by atoms with van der Waals surface area (Å²) in [6, 6.07) is 5.98. The summed E-state index contributed by atoms with van der Waals surface area (Å²) in [5, 5.41) is 12.8. The number of nitrogens with one attached hydrogen (secondary N) is 1. The van der Waals surface area contributed by atoms with Crippen LogP contribution in [0.4, 0.5) is 26.3 Å². The van der Waals surface area contributed by atoms with Crippen LogP contribution in [-0.4, -0.2) is 35.3 Å². The molecule has 0 spiro atoms. The Hall–Kier alpha value is -2.86. The van der Waals surface area contributed by atoms with E-state index in [-0.39, 0.29) is 28.6 Å². The number of aliphatic hydroxyl groups excluding tert-OH is 1. The molecule has 172 valence electrons. The number of alkyl halides is 6. The maximum Gasteiger partial charge on any atom is 0.433 e. The topological polar surface area (TPSA) is 71.5 Å². The number of hydrogen-bond acceptors (Lipinski definition) is 5. The Kier molecular flexibility index (Phi) is 6.65. The largest absolute Gasteiger partial charge is 0.491 e. The molecule has 0 aliphatic heterocycles. The van der Waals surface area contributed by atoms with Gasteiger partial charge in [-0.15, -0.1) is 11.3 Å². The first-order valence-corrected chi connectivity index (χ1v) is 9.91. The standard InChI is InChI=1S/C20H16F6N2O3S/c1-10-14-6-7-15(20(24,25)26)28-18(14)32-16(10)17(30)27-8-12(29)9-31-13-4-2-11(3-5-13)19(21,22)23/h2-7,12,29H,8-9H2,1H3,(H,27,30). The number of hydrogen-bond donors (Lipinski definition) is 2. The number of aromatic nitrogens is 1. The number of aryl methyl sites for hydroxylation is 1. The van der Waals surface area contributed by atoms with E-state index in [0.717, 1.165) is 41.7 Å². The van der Waals surface area contributed by atoms with Crippen molar-refractivity contribution < 1.29 is 41.0 Å². The van der Waals surface area contributed by atoms with Crippen molar-refractivity contribution in [2.24, 2.45) is 0 Å². The highest BCUT2D eigenvalue weighted by molar-refractivity contribution is 7.20. The maximum atomic E-state index is 12.8. The molecule has 0 radical (unpaired) electrons. The fourth-order valence-corrected chi connectivity index (χ4v) is 3.85. The molecule has 2 N–H and O–H groups in total. The van der Waals surface area contributed by atoms with Gasteiger partial charge < -0.3 is 15.2 Å². The molecule has 1 unspecified atom stereocenters. The molecule has 0 aliphatic carbocycles. The molecule has 0 saturated heterocycles. The summed E-state index contributed by atoms with van der Waals surface area (Å²) in [6.45, 7) is 1.04. The first-order chi connectivity index (χ1) is 14.9. The zero-order chi connectivity index (χ0) is 23.7. The number of ether oxygens (including phenoxy) is 1. The molecule has 12 heteroatoms. The number of nitrogens with zero attached hydrogens (tertiary/aromatic N) is 1. The number of carbonyl (C=O) groups is 1. The second-order valence-corrected chi connectivity index (χ2v) is 7.80. The number of carbonyl (C=O) groups excluding carboxylic acids is 1. The van der Waals surface area contributed by atoms with Gasteiger partial charge in [-0.25, -0.2) is 4.98 Å². The van der Waals surface area contributed by atoms with Crippen LogP contribution in [0.15, 0.2) is 36.4 Å². The van der Waals surface area contributed by atoms with Crippen molar-refractivity contribution in [3.05, 3.63) is 58.1 Å². The van der Waals surface area contributed by atoms with Gasteiger partial charge >= 0.3 is 12.4 Å². The number of benzene rings is 1. The number of halogens is 6. The quantitative estimate of drug-likeness (QED) is 0.499. The average Bonchev–Trinajstić information content (AvgIpc) is 3.05. The fourth-order valence-electron chi connectivity index (χ4n) is 2.76. The van der Waals surface area contributed by atoms with Crippen LogP contribution in [0.5, 0.6) is 5.75 Å². The lowest BCUT2D eigenvalue weighted by molar-refractivity contribution is -0.141. The summed E-state index contributed by atoms with van der Waals surface area (Å²) in [7, 11) is 0. The molecule has 3 rings (SSSR count). The van der Waals surface area contributed by atoms with Crippen LogP contribution >= 0.6 is 11.3 Å². The van der Waals surface area contributed by atoms with Crippen molar-refractivity contribution in [3.8, 4) is 5.75 Å². The molecular weight excluding hydrogens is 462 g/mol. The maximum absolute atomic E-state index is 12.8. The van der Waals surface area contributed by atoms with Crippen LogP contribution in [0.1, 0.15) is 26.5 Å². The van der Waals surface area contributed by atoms with E-state index in [1.807, 2.05) is 0 Å². The number of aliphatic hydroxyl groups is 1. The molecule has 0 bridgehead atoms. The average molecular weight is 478 g/mol. The third-order valence-electron chi connectivity index (χ3n) is 4.42. The Morgan fingerprint density at radius 2 is 1.75 bits per heavy atom. The normalized spacial score (nSPS) is 13.2. The van der Waals surface area contributed by atoms with Gasteiger partial charge in [-0.2, -0.15) is 26.3 Å². The Bertz CT molecular complexity index is 1110. The Morgan fingerprint density at radius 1 is 1.09 bits per heavy atom. The van der Waals surface area contributed by atoms with Gasteiger partial charge in [0.25, 0.3) is 5.91 Å². The predicted octanol–water partition coefficient (Wildman–Crippen LogP) is 4.81. The van der Waals surface area contributed by atoms with Crippen molar-refractivity contribution in [1.82, 2.24) is 10.3 Å². The number of amides is 1. The second-order valence-electron chi connectivity index (χ2n) is 6.80. The van der Waals surface area contributed by atoms with E-state index in [1.54, 1.807) is 6.92 Å². The second kappa shape index (κ2) is 8.94. The molecule has 0 fully saturated rings. The molecule has 1 aromatic carbocycles. The van der Waals surface area contributed by atoms with Crippen molar-refractivity contribution in [1.29, 1.82) is 0 Å². The van der Waals surface area contributed by atoms with Gasteiger partial charge in [-0.3, -0.25) is 4.79 Å². The van der Waals surface area contributed by atoms with E-state index in [2.05, 4.69) is 10.3 Å². The van der Waals surface area contributed by atoms with E-state index >= 15 is 0 Å². The zero-order valence-electron chi connectivity index (χ0n) is 16.3. The van der Waals surface area contributed by atoms with Crippen LogP contribution < -0.4 is 10.1 Å². The van der Waals surface area contributed by atoms with E-state index in [9.17, 15) is 36.2 Å². The van der Waals surface area contributed by atoms with Crippen LogP contribution in [0, 0.1) is 6.92 Å². The first kappa shape index (κ1) is 23.8. The number of rotatable bonds is 6. The molecule has 5 nitrogen and oxygen atoms in total. The number of fused-ring (bicyclic) bond motifs is 1. The summed E-state index contributed by atoms with van der Waals surface area (Å²) >= 11 is 0.800. The molecule has 1 amide bonds. The van der Waals surface area contributed by atoms with Gasteiger partial charge in [-0.05, 0) is 48.9 Å². The summed E-state index contributed by atoms with van der Waals surface area (Å²) in [5.74, 6) is -0.497. The Morgan fingerprint density at radius 3 is 2.34 bits per heavy atom. The lowest BCUT2D eigenvalue weighted by atomic mass is 10.1. The minimum Gasteiger partial charge on any atom is -0.491 e. The molecular formula is C20H16F6N2O3S. The predicted molar refractivity (Wildman–Crippen MR) is 105 cm³/mol. The highest BCUT2D eigenvalue weighted by atomic mass is 32.1. The van der Waals surface area contributed by atoms with E-state index in [4.69, 9.17) is 4.74 Å². The van der Waals surface area contributed by atoms with Gasteiger partial charge in [0.15, 0.2) is 0 Å². The summed E-state index contributed by atoms with van der Waals surface area (Å²) in [6.07, 6.45) is -10.3. The summed E-state index contributed by atoms with van der Waals surface area (Å²) in [5.41, 5.74) is -1.44. The SMILES string of the molecule is Cc1c(C(=O)NCC(O)COc2ccc(C(F)(F)F)cc2)sc2nc(C(F)(F)F)ccc12. The van der Waals surface area contributed by atoms with Crippen molar-refractivity contribution >= 4 is 27.5 Å². The van der Waals surface area contributed by atoms with Gasteiger partial charge in [0, 0.05) is 11.9 Å². The molecule has 2 heterocycles. The summed E-state index contributed by atoms with van der Waals surface area (Å²) < 4.78 is 81.3. The lowest BCUT2D eigenvalue weighted by Crippen LogP contribution is -2.35. The van der Waals surface area contributed by atoms with E-state index < -0.39 is 35.6 Å². The number of pyridine rings is 1. The van der Waals surface area contributed by atoms with Crippen molar-refractivity contribution in [3.63, 3.8) is 0 Å². The van der Waals surface area contributed by atoms with Crippen LogP contribution in [0.25, 0.3) is 10.2 Å². The molecule has 32 heavy (non-hydrogen) atoms. The Labute approximate surface area is 181 Å². The third kappa shape index (κ3) is 5.49. The van der Waals surface area contributed by atoms with E-state index in [1.165, 1.54) is 6.07 Å². The molecule has 1 atom stereocenters. The highest BCUT2D eigenvalue weighted by Gasteiger charge is 2.33. The third-order valence-corrected chi connectivity index (χ3v) is 5.62. The van der Waals surface area contributed by atoms with Gasteiger partial charge in [0.2, 0.25) is 0 Å². The van der Waals surface area contributed by atoms with Gasteiger partial charge in [-0.1, -0.05) is 0 Å². The summed E-state index contributed by atoms with van der Waals surface area (Å²) in [4.78, 5) is 16.2.